The highest BCUT2D eigenvalue weighted by Crippen LogP contribution is 2.41. The van der Waals surface area contributed by atoms with Crippen molar-refractivity contribution in [2.75, 3.05) is 0 Å². The summed E-state index contributed by atoms with van der Waals surface area (Å²) in [4.78, 5) is 0. The third-order valence-corrected chi connectivity index (χ3v) is 12.2. The van der Waals surface area contributed by atoms with E-state index in [2.05, 4.69) is 51.8 Å². The van der Waals surface area contributed by atoms with Crippen LogP contribution in [0, 0.1) is 0 Å². The maximum absolute atomic E-state index is 4.08. The van der Waals surface area contributed by atoms with Crippen LogP contribution in [0.3, 0.4) is 0 Å². The Bertz CT molecular complexity index is 344. The van der Waals surface area contributed by atoms with Gasteiger partial charge in [-0.25, -0.2) is 0 Å². The third kappa shape index (κ3) is 12.8. The van der Waals surface area contributed by atoms with Crippen molar-refractivity contribution in [3.05, 3.63) is 38.0 Å². The maximum atomic E-state index is 4.08. The van der Waals surface area contributed by atoms with Gasteiger partial charge in [-0.3, -0.25) is 0 Å². The van der Waals surface area contributed by atoms with Gasteiger partial charge in [0.15, 0.2) is 0 Å². The zero-order valence-corrected chi connectivity index (χ0v) is 20.7. The first-order valence-electron chi connectivity index (χ1n) is 12.5. The van der Waals surface area contributed by atoms with Crippen LogP contribution in [0.2, 0.25) is 23.7 Å². The van der Waals surface area contributed by atoms with E-state index in [1.54, 1.807) is 0 Å². The van der Waals surface area contributed by atoms with Crippen molar-refractivity contribution in [3.8, 4) is 0 Å². The molecule has 0 aromatic heterocycles. The van der Waals surface area contributed by atoms with E-state index in [0.717, 1.165) is 5.54 Å². The lowest BCUT2D eigenvalue weighted by Crippen LogP contribution is -2.38. The fourth-order valence-corrected chi connectivity index (χ4v) is 9.89. The van der Waals surface area contributed by atoms with Crippen LogP contribution in [0.5, 0.6) is 0 Å². The molecule has 0 heterocycles. The van der Waals surface area contributed by atoms with E-state index >= 15 is 0 Å². The summed E-state index contributed by atoms with van der Waals surface area (Å²) in [5, 5.41) is 0. The molecule has 0 amide bonds. The van der Waals surface area contributed by atoms with Crippen molar-refractivity contribution in [2.24, 2.45) is 0 Å². The number of allylic oxidation sites excluding steroid dienone is 3. The lowest BCUT2D eigenvalue weighted by atomic mass is 10.0. The van der Waals surface area contributed by atoms with E-state index in [4.69, 9.17) is 0 Å². The molecule has 0 radical (unpaired) electrons. The number of hydrogen-bond acceptors (Lipinski definition) is 0. The van der Waals surface area contributed by atoms with Crippen molar-refractivity contribution in [1.82, 2.24) is 0 Å². The Morgan fingerprint density at radius 1 is 0.536 bits per heavy atom. The number of rotatable bonds is 22. The van der Waals surface area contributed by atoms with Gasteiger partial charge in [-0.15, -0.1) is 19.7 Å². The van der Waals surface area contributed by atoms with Crippen LogP contribution in [0.15, 0.2) is 38.0 Å². The van der Waals surface area contributed by atoms with Crippen LogP contribution in [-0.2, 0) is 0 Å². The average molecular weight is 405 g/mol. The van der Waals surface area contributed by atoms with Crippen molar-refractivity contribution in [1.29, 1.82) is 0 Å². The molecule has 0 fully saturated rings. The lowest BCUT2D eigenvalue weighted by molar-refractivity contribution is 0.527. The Morgan fingerprint density at radius 2 is 0.929 bits per heavy atom. The van der Waals surface area contributed by atoms with Crippen molar-refractivity contribution in [2.45, 2.75) is 134 Å². The van der Waals surface area contributed by atoms with Crippen LogP contribution in [0.4, 0.5) is 0 Å². The van der Waals surface area contributed by atoms with E-state index in [1.807, 2.05) is 0 Å². The molecule has 0 saturated heterocycles. The molecule has 0 aliphatic rings. The summed E-state index contributed by atoms with van der Waals surface area (Å²) in [6.45, 7) is 16.9. The van der Waals surface area contributed by atoms with Crippen LogP contribution in [0.1, 0.15) is 110 Å². The van der Waals surface area contributed by atoms with Gasteiger partial charge in [-0.1, -0.05) is 128 Å². The molecule has 0 aromatic carbocycles. The van der Waals surface area contributed by atoms with Crippen molar-refractivity contribution < 1.29 is 0 Å². The van der Waals surface area contributed by atoms with Gasteiger partial charge < -0.3 is 0 Å². The monoisotopic (exact) mass is 404 g/mol. The smallest absolute Gasteiger partial charge is 0.0679 e. The van der Waals surface area contributed by atoms with Crippen LogP contribution < -0.4 is 0 Å². The van der Waals surface area contributed by atoms with Gasteiger partial charge in [0.25, 0.3) is 0 Å². The zero-order chi connectivity index (χ0) is 20.9. The van der Waals surface area contributed by atoms with Crippen LogP contribution in [-0.4, -0.2) is 8.07 Å². The highest BCUT2D eigenvalue weighted by atomic mass is 28.3. The first-order chi connectivity index (χ1) is 13.7. The van der Waals surface area contributed by atoms with E-state index in [1.165, 1.54) is 114 Å². The Hall–Kier alpha value is -0.563. The van der Waals surface area contributed by atoms with Gasteiger partial charge in [-0.05, 0) is 23.7 Å². The van der Waals surface area contributed by atoms with Crippen LogP contribution in [0.25, 0.3) is 0 Å². The average Bonchev–Trinajstić information content (AvgIpc) is 2.68. The summed E-state index contributed by atoms with van der Waals surface area (Å²) in [5.41, 5.74) is 0.912. The Balaban J connectivity index is 4.12. The molecule has 0 bridgehead atoms. The summed E-state index contributed by atoms with van der Waals surface area (Å²) < 4.78 is 0. The molecule has 1 heteroatoms. The lowest BCUT2D eigenvalue weighted by Gasteiger charge is -2.38. The van der Waals surface area contributed by atoms with E-state index in [0.29, 0.717) is 0 Å². The maximum Gasteiger partial charge on any atom is 0.0679 e. The number of unbranched alkanes of at least 4 members (excludes halogenated alkanes) is 11. The Kier molecular flexibility index (Phi) is 19.3. The summed E-state index contributed by atoms with van der Waals surface area (Å²) in [7, 11) is -1.40. The first-order valence-corrected chi connectivity index (χ1v) is 15.2. The molecular weight excluding hydrogens is 352 g/mol. The standard InChI is InChI=1S/C27H52Si/c1-6-11-12-13-14-15-16-17-18-19-20-21-23-27(22-7-2)28(24-8-3,25-9-4)26-10-5/h8-10,27H,3-7,11-26H2,1-2H3. The minimum atomic E-state index is -1.40. The third-order valence-electron chi connectivity index (χ3n) is 6.56. The number of hydrogen-bond donors (Lipinski definition) is 0. The van der Waals surface area contributed by atoms with Gasteiger partial charge in [-0.2, -0.15) is 0 Å². The summed E-state index contributed by atoms with van der Waals surface area (Å²) in [5.74, 6) is 0. The normalized spacial score (nSPS) is 12.6. The van der Waals surface area contributed by atoms with E-state index in [-0.39, 0.29) is 0 Å². The molecule has 1 atom stereocenters. The second-order valence-corrected chi connectivity index (χ2v) is 13.8. The largest absolute Gasteiger partial charge is 0.103 e. The molecule has 28 heavy (non-hydrogen) atoms. The molecule has 0 aromatic rings. The predicted octanol–water partition coefficient (Wildman–Crippen LogP) is 10.3. The summed E-state index contributed by atoms with van der Waals surface area (Å²) >= 11 is 0. The minimum absolute atomic E-state index is 0.912. The molecule has 164 valence electrons. The second kappa shape index (κ2) is 19.7. The summed E-state index contributed by atoms with van der Waals surface area (Å²) in [6, 6.07) is 3.69. The molecule has 0 nitrogen and oxygen atoms in total. The molecular formula is C27H52Si. The molecule has 0 aliphatic heterocycles. The first kappa shape index (κ1) is 27.4. The Morgan fingerprint density at radius 3 is 1.29 bits per heavy atom. The molecule has 0 rings (SSSR count). The quantitative estimate of drug-likeness (QED) is 0.0955. The molecule has 0 N–H and O–H groups in total. The predicted molar refractivity (Wildman–Crippen MR) is 135 cm³/mol. The van der Waals surface area contributed by atoms with Gasteiger partial charge in [0, 0.05) is 0 Å². The van der Waals surface area contributed by atoms with Gasteiger partial charge >= 0.3 is 0 Å². The SMILES string of the molecule is C=CC[Si](CC=C)(CC=C)C(CCC)CCCCCCCCCCCCCC. The highest BCUT2D eigenvalue weighted by Gasteiger charge is 2.36. The topological polar surface area (TPSA) is 0 Å². The van der Waals surface area contributed by atoms with Crippen molar-refractivity contribution >= 4 is 8.07 Å². The molecule has 0 saturated carbocycles. The van der Waals surface area contributed by atoms with Crippen LogP contribution >= 0.6 is 0 Å². The zero-order valence-electron chi connectivity index (χ0n) is 19.7. The Labute approximate surface area is 180 Å². The van der Waals surface area contributed by atoms with Gasteiger partial charge in [0.2, 0.25) is 0 Å². The fourth-order valence-electron chi connectivity index (χ4n) is 4.95. The van der Waals surface area contributed by atoms with Gasteiger partial charge in [0.05, 0.1) is 8.07 Å². The van der Waals surface area contributed by atoms with E-state index < -0.39 is 8.07 Å². The molecule has 1 unspecified atom stereocenters. The van der Waals surface area contributed by atoms with Gasteiger partial charge in [0.1, 0.15) is 0 Å². The molecule has 0 spiro atoms. The highest BCUT2D eigenvalue weighted by molar-refractivity contribution is 6.82. The summed E-state index contributed by atoms with van der Waals surface area (Å²) in [6.07, 6.45) is 27.9. The second-order valence-electron chi connectivity index (χ2n) is 9.00. The van der Waals surface area contributed by atoms with Crippen molar-refractivity contribution in [3.63, 3.8) is 0 Å². The minimum Gasteiger partial charge on any atom is -0.103 e. The molecule has 0 aliphatic carbocycles. The van der Waals surface area contributed by atoms with E-state index in [9.17, 15) is 0 Å². The fraction of sp³-hybridized carbons (Fsp3) is 0.778.